The van der Waals surface area contributed by atoms with Crippen molar-refractivity contribution in [1.82, 2.24) is 10.6 Å². The van der Waals surface area contributed by atoms with E-state index in [1.807, 2.05) is 6.07 Å². The van der Waals surface area contributed by atoms with Crippen molar-refractivity contribution < 1.29 is 14.3 Å². The van der Waals surface area contributed by atoms with Gasteiger partial charge in [0.05, 0.1) is 19.3 Å². The van der Waals surface area contributed by atoms with Gasteiger partial charge in [-0.25, -0.2) is 0 Å². The van der Waals surface area contributed by atoms with Crippen LogP contribution in [0.1, 0.15) is 16.8 Å². The Hall–Kier alpha value is -1.88. The maximum atomic E-state index is 11.7. The van der Waals surface area contributed by atoms with Crippen molar-refractivity contribution in [1.29, 1.82) is 0 Å². The molecule has 0 radical (unpaired) electrons. The van der Waals surface area contributed by atoms with Crippen LogP contribution in [0.2, 0.25) is 0 Å². The molecule has 0 aromatic heterocycles. The molecule has 0 saturated carbocycles. The first kappa shape index (κ1) is 12.6. The van der Waals surface area contributed by atoms with E-state index in [2.05, 4.69) is 10.6 Å². The molecule has 1 aromatic rings. The summed E-state index contributed by atoms with van der Waals surface area (Å²) in [5, 5.41) is 5.52. The minimum atomic E-state index is -0.157. The molecule has 2 rings (SSSR count). The van der Waals surface area contributed by atoms with Crippen LogP contribution in [0.15, 0.2) is 30.3 Å². The molecule has 0 spiro atoms. The second-order valence-corrected chi connectivity index (χ2v) is 4.17. The molecule has 0 bridgehead atoms. The molecule has 5 nitrogen and oxygen atoms in total. The van der Waals surface area contributed by atoms with Gasteiger partial charge in [0.2, 0.25) is 5.91 Å². The number of hydrogen-bond donors (Lipinski definition) is 2. The first-order valence-electron chi connectivity index (χ1n) is 5.96. The number of carbonyl (C=O) groups excluding carboxylic acids is 2. The third kappa shape index (κ3) is 3.56. The number of carbonyl (C=O) groups is 2. The Labute approximate surface area is 106 Å². The Morgan fingerprint density at radius 3 is 2.56 bits per heavy atom. The van der Waals surface area contributed by atoms with Crippen LogP contribution in [-0.4, -0.2) is 37.6 Å². The van der Waals surface area contributed by atoms with Crippen molar-refractivity contribution in [2.24, 2.45) is 0 Å². The highest BCUT2D eigenvalue weighted by atomic mass is 16.5. The number of nitrogens with one attached hydrogen (secondary N) is 2. The van der Waals surface area contributed by atoms with Gasteiger partial charge in [0.1, 0.15) is 0 Å². The maximum Gasteiger partial charge on any atom is 0.251 e. The SMILES string of the molecule is O=C(CCNC(=O)c1ccccc1)NC1COC1. The van der Waals surface area contributed by atoms with Crippen molar-refractivity contribution >= 4 is 11.8 Å². The molecule has 1 heterocycles. The van der Waals surface area contributed by atoms with Crippen LogP contribution in [-0.2, 0) is 9.53 Å². The zero-order valence-electron chi connectivity index (χ0n) is 10.0. The second kappa shape index (κ2) is 6.16. The van der Waals surface area contributed by atoms with E-state index < -0.39 is 0 Å². The fourth-order valence-corrected chi connectivity index (χ4v) is 1.60. The van der Waals surface area contributed by atoms with E-state index in [9.17, 15) is 9.59 Å². The average Bonchev–Trinajstić information content (AvgIpc) is 2.35. The molecule has 5 heteroatoms. The summed E-state index contributed by atoms with van der Waals surface area (Å²) >= 11 is 0. The van der Waals surface area contributed by atoms with Crippen molar-refractivity contribution in [3.05, 3.63) is 35.9 Å². The Balaban J connectivity index is 1.65. The summed E-state index contributed by atoms with van der Waals surface area (Å²) in [6.45, 7) is 1.51. The fraction of sp³-hybridized carbons (Fsp3) is 0.385. The lowest BCUT2D eigenvalue weighted by Crippen LogP contribution is -2.49. The summed E-state index contributed by atoms with van der Waals surface area (Å²) in [5.41, 5.74) is 0.602. The Morgan fingerprint density at radius 1 is 1.22 bits per heavy atom. The van der Waals surface area contributed by atoms with Gasteiger partial charge >= 0.3 is 0 Å². The molecule has 1 saturated heterocycles. The molecule has 96 valence electrons. The largest absolute Gasteiger partial charge is 0.377 e. The summed E-state index contributed by atoms with van der Waals surface area (Å²) < 4.78 is 4.95. The highest BCUT2D eigenvalue weighted by Crippen LogP contribution is 2.00. The second-order valence-electron chi connectivity index (χ2n) is 4.17. The van der Waals surface area contributed by atoms with Crippen molar-refractivity contribution in [3.63, 3.8) is 0 Å². The van der Waals surface area contributed by atoms with Crippen LogP contribution < -0.4 is 10.6 Å². The van der Waals surface area contributed by atoms with E-state index in [1.54, 1.807) is 24.3 Å². The highest BCUT2D eigenvalue weighted by Gasteiger charge is 2.19. The number of benzene rings is 1. The summed E-state index contributed by atoms with van der Waals surface area (Å²) in [4.78, 5) is 23.1. The summed E-state index contributed by atoms with van der Waals surface area (Å²) in [6, 6.07) is 9.08. The lowest BCUT2D eigenvalue weighted by molar-refractivity contribution is -0.125. The van der Waals surface area contributed by atoms with E-state index in [1.165, 1.54) is 0 Å². The molecule has 2 amide bonds. The third-order valence-electron chi connectivity index (χ3n) is 2.68. The van der Waals surface area contributed by atoms with Crippen LogP contribution in [0.4, 0.5) is 0 Å². The van der Waals surface area contributed by atoms with Crippen molar-refractivity contribution in [3.8, 4) is 0 Å². The van der Waals surface area contributed by atoms with Gasteiger partial charge in [-0.1, -0.05) is 18.2 Å². The molecular weight excluding hydrogens is 232 g/mol. The third-order valence-corrected chi connectivity index (χ3v) is 2.68. The standard InChI is InChI=1S/C13H16N2O3/c16-12(15-11-8-18-9-11)6-7-14-13(17)10-4-2-1-3-5-10/h1-5,11H,6-9H2,(H,14,17)(H,15,16). The monoisotopic (exact) mass is 248 g/mol. The quantitative estimate of drug-likeness (QED) is 0.788. The molecule has 1 aliphatic heterocycles. The van der Waals surface area contributed by atoms with Crippen LogP contribution in [0.25, 0.3) is 0 Å². The summed E-state index contributed by atoms with van der Waals surface area (Å²) in [5.74, 6) is -0.216. The molecule has 1 fully saturated rings. The Morgan fingerprint density at radius 2 is 1.94 bits per heavy atom. The van der Waals surface area contributed by atoms with Gasteiger partial charge in [-0.2, -0.15) is 0 Å². The maximum absolute atomic E-state index is 11.7. The number of amides is 2. The van der Waals surface area contributed by atoms with Crippen molar-refractivity contribution in [2.75, 3.05) is 19.8 Å². The van der Waals surface area contributed by atoms with E-state index in [0.717, 1.165) is 0 Å². The van der Waals surface area contributed by atoms with Gasteiger partial charge in [0, 0.05) is 18.5 Å². The average molecular weight is 248 g/mol. The van der Waals surface area contributed by atoms with Gasteiger partial charge < -0.3 is 15.4 Å². The number of ether oxygens (including phenoxy) is 1. The predicted octanol–water partition coefficient (Wildman–Crippen LogP) is 0.321. The molecule has 1 aliphatic rings. The zero-order valence-corrected chi connectivity index (χ0v) is 10.0. The van der Waals surface area contributed by atoms with Gasteiger partial charge in [-0.15, -0.1) is 0 Å². The molecule has 0 aliphatic carbocycles. The fourth-order valence-electron chi connectivity index (χ4n) is 1.60. The molecular formula is C13H16N2O3. The number of hydrogen-bond acceptors (Lipinski definition) is 3. The van der Waals surface area contributed by atoms with Crippen LogP contribution in [0, 0.1) is 0 Å². The molecule has 0 atom stereocenters. The lowest BCUT2D eigenvalue weighted by Gasteiger charge is -2.26. The van der Waals surface area contributed by atoms with Crippen molar-refractivity contribution in [2.45, 2.75) is 12.5 Å². The zero-order chi connectivity index (χ0) is 12.8. The van der Waals surface area contributed by atoms with Gasteiger partial charge in [-0.05, 0) is 12.1 Å². The van der Waals surface area contributed by atoms with Crippen LogP contribution in [0.5, 0.6) is 0 Å². The van der Waals surface area contributed by atoms with Gasteiger partial charge in [0.15, 0.2) is 0 Å². The normalized spacial score (nSPS) is 14.7. The van der Waals surface area contributed by atoms with E-state index in [0.29, 0.717) is 25.3 Å². The first-order chi connectivity index (χ1) is 8.75. The Bertz CT molecular complexity index is 416. The summed E-state index contributed by atoms with van der Waals surface area (Å²) in [6.07, 6.45) is 0.287. The van der Waals surface area contributed by atoms with Crippen LogP contribution >= 0.6 is 0 Å². The molecule has 18 heavy (non-hydrogen) atoms. The molecule has 1 aromatic carbocycles. The van der Waals surface area contributed by atoms with E-state index >= 15 is 0 Å². The smallest absolute Gasteiger partial charge is 0.251 e. The predicted molar refractivity (Wildman–Crippen MR) is 66.1 cm³/mol. The first-order valence-corrected chi connectivity index (χ1v) is 5.96. The van der Waals surface area contributed by atoms with Gasteiger partial charge in [0.25, 0.3) is 5.91 Å². The minimum absolute atomic E-state index is 0.0586. The highest BCUT2D eigenvalue weighted by molar-refractivity contribution is 5.94. The minimum Gasteiger partial charge on any atom is -0.377 e. The van der Waals surface area contributed by atoms with Crippen LogP contribution in [0.3, 0.4) is 0 Å². The Kier molecular flexibility index (Phi) is 4.30. The topological polar surface area (TPSA) is 67.4 Å². The molecule has 0 unspecified atom stereocenters. The van der Waals surface area contributed by atoms with E-state index in [-0.39, 0.29) is 24.3 Å². The van der Waals surface area contributed by atoms with Gasteiger partial charge in [-0.3, -0.25) is 9.59 Å². The number of rotatable bonds is 5. The summed E-state index contributed by atoms with van der Waals surface area (Å²) in [7, 11) is 0. The lowest BCUT2D eigenvalue weighted by atomic mass is 10.2. The van der Waals surface area contributed by atoms with E-state index in [4.69, 9.17) is 4.74 Å². The molecule has 2 N–H and O–H groups in total.